The van der Waals surface area contributed by atoms with Gasteiger partial charge in [-0.1, -0.05) is 17.7 Å². The zero-order valence-corrected chi connectivity index (χ0v) is 8.87. The summed E-state index contributed by atoms with van der Waals surface area (Å²) >= 11 is 5.53. The van der Waals surface area contributed by atoms with Gasteiger partial charge in [-0.15, -0.1) is 0 Å². The van der Waals surface area contributed by atoms with Crippen molar-refractivity contribution in [3.05, 3.63) is 22.4 Å². The normalized spacial score (nSPS) is 16.1. The second-order valence-corrected chi connectivity index (χ2v) is 3.19. The molecule has 0 aromatic rings. The molecule has 0 saturated carbocycles. The summed E-state index contributed by atoms with van der Waals surface area (Å²) in [5, 5.41) is 0.374. The number of alkyl halides is 3. The SMILES string of the molecule is C\C=C(/C=N\C(C)=C(/C)Cl)C(F)(F)F. The summed E-state index contributed by atoms with van der Waals surface area (Å²) in [5.74, 6) is 0. The molecule has 1 nitrogen and oxygen atoms in total. The highest BCUT2D eigenvalue weighted by Gasteiger charge is 2.31. The van der Waals surface area contributed by atoms with Crippen LogP contribution in [0.3, 0.4) is 0 Å². The first-order chi connectivity index (χ1) is 6.29. The van der Waals surface area contributed by atoms with Gasteiger partial charge in [-0.05, 0) is 20.8 Å². The molecule has 0 heterocycles. The minimum Gasteiger partial charge on any atom is -0.260 e. The Kier molecular flexibility index (Phi) is 4.91. The number of aliphatic imine (C=N–C) groups is 1. The molecule has 0 saturated heterocycles. The quantitative estimate of drug-likeness (QED) is 0.629. The Hall–Kier alpha value is -0.770. The van der Waals surface area contributed by atoms with Gasteiger partial charge in [0, 0.05) is 11.2 Å². The zero-order valence-electron chi connectivity index (χ0n) is 8.11. The van der Waals surface area contributed by atoms with Gasteiger partial charge in [0.2, 0.25) is 0 Å². The molecule has 0 N–H and O–H groups in total. The maximum absolute atomic E-state index is 12.2. The predicted octanol–water partition coefficient (Wildman–Crippen LogP) is 4.06. The molecule has 0 aromatic heterocycles. The lowest BCUT2D eigenvalue weighted by Crippen LogP contribution is -2.12. The van der Waals surface area contributed by atoms with Crippen LogP contribution >= 0.6 is 11.6 Å². The highest BCUT2D eigenvalue weighted by molar-refractivity contribution is 6.29. The fourth-order valence-corrected chi connectivity index (χ4v) is 0.616. The van der Waals surface area contributed by atoms with Crippen LogP contribution in [0.2, 0.25) is 0 Å². The van der Waals surface area contributed by atoms with Crippen LogP contribution in [0, 0.1) is 0 Å². The van der Waals surface area contributed by atoms with Crippen LogP contribution in [0.4, 0.5) is 13.2 Å². The van der Waals surface area contributed by atoms with Crippen molar-refractivity contribution >= 4 is 17.8 Å². The van der Waals surface area contributed by atoms with E-state index >= 15 is 0 Å². The third kappa shape index (κ3) is 4.46. The Bertz CT molecular complexity index is 283. The van der Waals surface area contributed by atoms with Gasteiger partial charge in [0.05, 0.1) is 11.3 Å². The first-order valence-corrected chi connectivity index (χ1v) is 4.27. The Morgan fingerprint density at radius 1 is 1.29 bits per heavy atom. The molecule has 0 fully saturated rings. The largest absolute Gasteiger partial charge is 0.417 e. The highest BCUT2D eigenvalue weighted by atomic mass is 35.5. The predicted molar refractivity (Wildman–Crippen MR) is 52.5 cm³/mol. The first kappa shape index (κ1) is 13.2. The van der Waals surface area contributed by atoms with Crippen LogP contribution < -0.4 is 0 Å². The fourth-order valence-electron chi connectivity index (χ4n) is 0.567. The van der Waals surface area contributed by atoms with Crippen LogP contribution in [0.25, 0.3) is 0 Å². The molecule has 0 unspecified atom stereocenters. The van der Waals surface area contributed by atoms with Crippen molar-refractivity contribution in [2.24, 2.45) is 4.99 Å². The van der Waals surface area contributed by atoms with Gasteiger partial charge >= 0.3 is 6.18 Å². The van der Waals surface area contributed by atoms with Crippen molar-refractivity contribution in [3.8, 4) is 0 Å². The standard InChI is InChI=1S/C9H11ClF3N/c1-4-8(9(11,12)13)5-14-7(3)6(2)10/h4-5H,1-3H3/b7-6+,8-4+,14-5-. The molecule has 0 aliphatic carbocycles. The molecule has 0 aromatic carbocycles. The Balaban J connectivity index is 4.76. The van der Waals surface area contributed by atoms with Crippen molar-refractivity contribution in [2.45, 2.75) is 26.9 Å². The monoisotopic (exact) mass is 225 g/mol. The van der Waals surface area contributed by atoms with E-state index < -0.39 is 11.7 Å². The van der Waals surface area contributed by atoms with E-state index in [4.69, 9.17) is 11.6 Å². The van der Waals surface area contributed by atoms with Crippen LogP contribution in [0.15, 0.2) is 27.4 Å². The van der Waals surface area contributed by atoms with Crippen molar-refractivity contribution in [1.82, 2.24) is 0 Å². The number of halogens is 4. The summed E-state index contributed by atoms with van der Waals surface area (Å²) in [5.41, 5.74) is -0.412. The van der Waals surface area contributed by atoms with E-state index in [1.54, 1.807) is 13.8 Å². The van der Waals surface area contributed by atoms with E-state index in [2.05, 4.69) is 4.99 Å². The molecule has 0 amide bonds. The fraction of sp³-hybridized carbons (Fsp3) is 0.444. The number of allylic oxidation sites excluding steroid dienone is 4. The lowest BCUT2D eigenvalue weighted by atomic mass is 10.2. The topological polar surface area (TPSA) is 12.4 Å². The van der Waals surface area contributed by atoms with Gasteiger partial charge in [0.25, 0.3) is 0 Å². The molecular formula is C9H11ClF3N. The van der Waals surface area contributed by atoms with Gasteiger partial charge in [0.15, 0.2) is 0 Å². The average molecular weight is 226 g/mol. The van der Waals surface area contributed by atoms with E-state index in [-0.39, 0.29) is 0 Å². The van der Waals surface area contributed by atoms with Crippen LogP contribution in [-0.4, -0.2) is 12.4 Å². The van der Waals surface area contributed by atoms with Crippen molar-refractivity contribution in [1.29, 1.82) is 0 Å². The lowest BCUT2D eigenvalue weighted by Gasteiger charge is -2.05. The maximum atomic E-state index is 12.2. The van der Waals surface area contributed by atoms with Crippen LogP contribution in [0.1, 0.15) is 20.8 Å². The molecule has 80 valence electrons. The van der Waals surface area contributed by atoms with Gasteiger partial charge < -0.3 is 0 Å². The van der Waals surface area contributed by atoms with Gasteiger partial charge in [-0.25, -0.2) is 0 Å². The van der Waals surface area contributed by atoms with Crippen molar-refractivity contribution < 1.29 is 13.2 Å². The third-order valence-corrected chi connectivity index (χ3v) is 1.81. The smallest absolute Gasteiger partial charge is 0.260 e. The van der Waals surface area contributed by atoms with E-state index in [9.17, 15) is 13.2 Å². The molecule has 0 spiro atoms. The Morgan fingerprint density at radius 2 is 1.79 bits per heavy atom. The molecule has 0 atom stereocenters. The summed E-state index contributed by atoms with van der Waals surface area (Å²) in [6, 6.07) is 0. The van der Waals surface area contributed by atoms with E-state index in [0.29, 0.717) is 10.7 Å². The zero-order chi connectivity index (χ0) is 11.4. The third-order valence-electron chi connectivity index (χ3n) is 1.53. The summed E-state index contributed by atoms with van der Waals surface area (Å²) in [7, 11) is 0. The van der Waals surface area contributed by atoms with Crippen LogP contribution in [-0.2, 0) is 0 Å². The van der Waals surface area contributed by atoms with Gasteiger partial charge in [0.1, 0.15) is 0 Å². The molecule has 5 heteroatoms. The molecule has 0 aliphatic rings. The number of rotatable bonds is 2. The second kappa shape index (κ2) is 5.20. The Labute approximate surface area is 86.0 Å². The summed E-state index contributed by atoms with van der Waals surface area (Å²) < 4.78 is 36.5. The Morgan fingerprint density at radius 3 is 2.07 bits per heavy atom. The molecule has 0 radical (unpaired) electrons. The molecular weight excluding hydrogens is 215 g/mol. The molecule has 0 aliphatic heterocycles. The number of hydrogen-bond donors (Lipinski definition) is 0. The highest BCUT2D eigenvalue weighted by Crippen LogP contribution is 2.24. The maximum Gasteiger partial charge on any atom is 0.417 e. The average Bonchev–Trinajstić information content (AvgIpc) is 2.02. The van der Waals surface area contributed by atoms with Crippen molar-refractivity contribution in [2.75, 3.05) is 0 Å². The van der Waals surface area contributed by atoms with Gasteiger partial charge in [-0.3, -0.25) is 4.99 Å². The summed E-state index contributed by atoms with van der Waals surface area (Å²) in [6.07, 6.45) is -2.64. The summed E-state index contributed by atoms with van der Waals surface area (Å²) in [6.45, 7) is 4.42. The van der Waals surface area contributed by atoms with Crippen molar-refractivity contribution in [3.63, 3.8) is 0 Å². The molecule has 14 heavy (non-hydrogen) atoms. The second-order valence-electron chi connectivity index (χ2n) is 2.62. The van der Waals surface area contributed by atoms with E-state index in [1.807, 2.05) is 0 Å². The molecule has 0 rings (SSSR count). The first-order valence-electron chi connectivity index (χ1n) is 3.89. The lowest BCUT2D eigenvalue weighted by molar-refractivity contribution is -0.0857. The van der Waals surface area contributed by atoms with Gasteiger partial charge in [-0.2, -0.15) is 13.2 Å². The molecule has 0 bridgehead atoms. The minimum absolute atomic E-state index is 0.371. The van der Waals surface area contributed by atoms with Crippen LogP contribution in [0.5, 0.6) is 0 Å². The van der Waals surface area contributed by atoms with E-state index in [1.165, 1.54) is 6.92 Å². The van der Waals surface area contributed by atoms with E-state index in [0.717, 1.165) is 12.3 Å². The summed E-state index contributed by atoms with van der Waals surface area (Å²) in [4.78, 5) is 3.60. The minimum atomic E-state index is -4.36. The number of hydrogen-bond acceptors (Lipinski definition) is 1. The number of nitrogens with zero attached hydrogens (tertiary/aromatic N) is 1.